The van der Waals surface area contributed by atoms with Gasteiger partial charge in [-0.05, 0) is 63.5 Å². The van der Waals surface area contributed by atoms with Crippen LogP contribution >= 0.6 is 11.6 Å². The number of hydrogen-bond acceptors (Lipinski definition) is 4. The molecule has 156 valence electrons. The van der Waals surface area contributed by atoms with E-state index in [1.807, 2.05) is 47.6 Å². The van der Waals surface area contributed by atoms with Crippen molar-refractivity contribution in [2.45, 2.75) is 47.6 Å². The number of allylic oxidation sites excluding steroid dienone is 3. The molecule has 0 aliphatic heterocycles. The standard InChI is InChI=1S/C24H29ClO4/c1-14(2)29-23(27)21-15(3)22(28-7)19(24(5,6)16(21)4)12-13-20(26)17-8-10-18(25)11-9-17/h8-14,19H,1-7H3. The number of methoxy groups -OCH3 is 1. The van der Waals surface area contributed by atoms with Gasteiger partial charge < -0.3 is 9.47 Å². The molecule has 0 radical (unpaired) electrons. The van der Waals surface area contributed by atoms with E-state index >= 15 is 0 Å². The second-order valence-electron chi connectivity index (χ2n) is 8.08. The maximum atomic E-state index is 12.7. The third-order valence-electron chi connectivity index (χ3n) is 5.48. The van der Waals surface area contributed by atoms with E-state index in [2.05, 4.69) is 0 Å². The number of ether oxygens (including phenoxy) is 2. The monoisotopic (exact) mass is 416 g/mol. The van der Waals surface area contributed by atoms with Gasteiger partial charge in [0, 0.05) is 22.1 Å². The van der Waals surface area contributed by atoms with Crippen molar-refractivity contribution in [3.63, 3.8) is 0 Å². The van der Waals surface area contributed by atoms with Crippen molar-refractivity contribution in [1.29, 1.82) is 0 Å². The lowest BCUT2D eigenvalue weighted by Crippen LogP contribution is -2.34. The lowest BCUT2D eigenvalue weighted by atomic mass is 9.66. The molecule has 0 saturated carbocycles. The Morgan fingerprint density at radius 3 is 2.24 bits per heavy atom. The average molecular weight is 417 g/mol. The van der Waals surface area contributed by atoms with Crippen LogP contribution in [0.1, 0.15) is 51.9 Å². The van der Waals surface area contributed by atoms with E-state index in [1.54, 1.807) is 37.5 Å². The fourth-order valence-electron chi connectivity index (χ4n) is 3.60. The van der Waals surface area contributed by atoms with Crippen LogP contribution in [-0.4, -0.2) is 25.0 Å². The Bertz CT molecular complexity index is 886. The highest BCUT2D eigenvalue weighted by Gasteiger charge is 2.42. The van der Waals surface area contributed by atoms with E-state index in [-0.39, 0.29) is 23.8 Å². The van der Waals surface area contributed by atoms with Crippen LogP contribution < -0.4 is 0 Å². The number of carbonyl (C=O) groups is 2. The van der Waals surface area contributed by atoms with Gasteiger partial charge in [0.2, 0.25) is 0 Å². The van der Waals surface area contributed by atoms with Crippen molar-refractivity contribution >= 4 is 23.4 Å². The highest BCUT2D eigenvalue weighted by atomic mass is 35.5. The van der Waals surface area contributed by atoms with E-state index in [9.17, 15) is 9.59 Å². The van der Waals surface area contributed by atoms with Gasteiger partial charge in [-0.15, -0.1) is 0 Å². The molecule has 1 atom stereocenters. The first-order chi connectivity index (χ1) is 13.5. The molecule has 0 heterocycles. The molecule has 1 unspecified atom stereocenters. The number of carbonyl (C=O) groups excluding carboxylic acids is 2. The minimum Gasteiger partial charge on any atom is -0.500 e. The van der Waals surface area contributed by atoms with Crippen molar-refractivity contribution in [3.05, 3.63) is 69.5 Å². The average Bonchev–Trinajstić information content (AvgIpc) is 2.63. The molecule has 2 rings (SSSR count). The van der Waals surface area contributed by atoms with Crippen LogP contribution in [0.25, 0.3) is 0 Å². The molecule has 0 saturated heterocycles. The summed E-state index contributed by atoms with van der Waals surface area (Å²) in [5.74, 6) is 0.00493. The summed E-state index contributed by atoms with van der Waals surface area (Å²) < 4.78 is 11.1. The number of halogens is 1. The zero-order valence-corrected chi connectivity index (χ0v) is 18.9. The first-order valence-electron chi connectivity index (χ1n) is 9.66. The van der Waals surface area contributed by atoms with Gasteiger partial charge in [0.15, 0.2) is 5.78 Å². The molecule has 1 aliphatic carbocycles. The summed E-state index contributed by atoms with van der Waals surface area (Å²) in [6, 6.07) is 6.78. The lowest BCUT2D eigenvalue weighted by Gasteiger charge is -2.40. The van der Waals surface area contributed by atoms with Gasteiger partial charge >= 0.3 is 5.97 Å². The normalized spacial score (nSPS) is 19.1. The number of esters is 1. The number of rotatable bonds is 6. The van der Waals surface area contributed by atoms with Gasteiger partial charge in [-0.3, -0.25) is 4.79 Å². The van der Waals surface area contributed by atoms with Crippen LogP contribution in [-0.2, 0) is 14.3 Å². The van der Waals surface area contributed by atoms with Crippen molar-refractivity contribution < 1.29 is 19.1 Å². The molecule has 0 amide bonds. The Morgan fingerprint density at radius 2 is 1.72 bits per heavy atom. The SMILES string of the molecule is COC1=C(C)C(C(=O)OC(C)C)=C(C)C(C)(C)C1C=CC(=O)c1ccc(Cl)cc1. The highest BCUT2D eigenvalue weighted by molar-refractivity contribution is 6.30. The van der Waals surface area contributed by atoms with E-state index in [1.165, 1.54) is 0 Å². The van der Waals surface area contributed by atoms with Gasteiger partial charge in [0.1, 0.15) is 5.76 Å². The Labute approximate surface area is 178 Å². The van der Waals surface area contributed by atoms with Crippen LogP contribution in [0.2, 0.25) is 5.02 Å². The maximum absolute atomic E-state index is 12.7. The summed E-state index contributed by atoms with van der Waals surface area (Å²) in [5, 5.41) is 0.584. The number of benzene rings is 1. The number of ketones is 1. The largest absolute Gasteiger partial charge is 0.500 e. The number of hydrogen-bond donors (Lipinski definition) is 0. The fourth-order valence-corrected chi connectivity index (χ4v) is 3.73. The Hall–Kier alpha value is -2.33. The molecule has 0 aromatic heterocycles. The van der Waals surface area contributed by atoms with Crippen molar-refractivity contribution in [2.24, 2.45) is 11.3 Å². The zero-order valence-electron chi connectivity index (χ0n) is 18.1. The van der Waals surface area contributed by atoms with Gasteiger partial charge in [-0.1, -0.05) is 37.1 Å². The van der Waals surface area contributed by atoms with Crippen LogP contribution in [0.4, 0.5) is 0 Å². The second kappa shape index (κ2) is 9.00. The first kappa shape index (κ1) is 23.0. The topological polar surface area (TPSA) is 52.6 Å². The molecule has 5 heteroatoms. The fraction of sp³-hybridized carbons (Fsp3) is 0.417. The van der Waals surface area contributed by atoms with Crippen molar-refractivity contribution in [3.8, 4) is 0 Å². The molecule has 0 N–H and O–H groups in total. The van der Waals surface area contributed by atoms with Gasteiger partial charge in [0.25, 0.3) is 0 Å². The predicted molar refractivity (Wildman–Crippen MR) is 116 cm³/mol. The smallest absolute Gasteiger partial charge is 0.338 e. The van der Waals surface area contributed by atoms with Crippen molar-refractivity contribution in [2.75, 3.05) is 7.11 Å². The second-order valence-corrected chi connectivity index (χ2v) is 8.51. The summed E-state index contributed by atoms with van der Waals surface area (Å²) in [6.07, 6.45) is 3.21. The van der Waals surface area contributed by atoms with E-state index in [0.717, 1.165) is 11.1 Å². The highest BCUT2D eigenvalue weighted by Crippen LogP contribution is 2.48. The Kier molecular flexibility index (Phi) is 7.12. The molecule has 29 heavy (non-hydrogen) atoms. The minimum atomic E-state index is -0.438. The van der Waals surface area contributed by atoms with Gasteiger partial charge in [0.05, 0.1) is 18.8 Å². The van der Waals surface area contributed by atoms with Crippen molar-refractivity contribution in [1.82, 2.24) is 0 Å². The van der Waals surface area contributed by atoms with Gasteiger partial charge in [-0.25, -0.2) is 4.79 Å². The summed E-state index contributed by atoms with van der Waals surface area (Å²) >= 11 is 5.90. The Balaban J connectivity index is 2.43. The third kappa shape index (κ3) is 4.81. The molecular weight excluding hydrogens is 388 g/mol. The van der Waals surface area contributed by atoms with Crippen LogP contribution in [0, 0.1) is 11.3 Å². The lowest BCUT2D eigenvalue weighted by molar-refractivity contribution is -0.142. The molecule has 0 fully saturated rings. The Morgan fingerprint density at radius 1 is 1.14 bits per heavy atom. The zero-order chi connectivity index (χ0) is 21.9. The summed E-state index contributed by atoms with van der Waals surface area (Å²) in [6.45, 7) is 11.5. The van der Waals surface area contributed by atoms with E-state index < -0.39 is 5.41 Å². The summed E-state index contributed by atoms with van der Waals surface area (Å²) in [5.41, 5.74) is 2.33. The quantitative estimate of drug-likeness (QED) is 0.328. The van der Waals surface area contributed by atoms with Crippen LogP contribution in [0.3, 0.4) is 0 Å². The minimum absolute atomic E-state index is 0.114. The van der Waals surface area contributed by atoms with E-state index in [4.69, 9.17) is 21.1 Å². The molecule has 1 aromatic carbocycles. The predicted octanol–water partition coefficient (Wildman–Crippen LogP) is 5.92. The van der Waals surface area contributed by atoms with Gasteiger partial charge in [-0.2, -0.15) is 0 Å². The molecule has 1 aliphatic rings. The molecule has 1 aromatic rings. The third-order valence-corrected chi connectivity index (χ3v) is 5.73. The summed E-state index contributed by atoms with van der Waals surface area (Å²) in [4.78, 5) is 25.3. The summed E-state index contributed by atoms with van der Waals surface area (Å²) in [7, 11) is 1.59. The maximum Gasteiger partial charge on any atom is 0.338 e. The molecule has 0 spiro atoms. The molecule has 0 bridgehead atoms. The van der Waals surface area contributed by atoms with Crippen LogP contribution in [0.5, 0.6) is 0 Å². The van der Waals surface area contributed by atoms with E-state index in [0.29, 0.717) is 21.9 Å². The molecule has 4 nitrogen and oxygen atoms in total. The van der Waals surface area contributed by atoms with Crippen LogP contribution in [0.15, 0.2) is 58.9 Å². The first-order valence-corrected chi connectivity index (χ1v) is 10.0. The molecular formula is C24H29ClO4.